The quantitative estimate of drug-likeness (QED) is 0.134. The second kappa shape index (κ2) is 26.1. The molecule has 0 spiro atoms. The number of aromatic nitrogens is 2. The van der Waals surface area contributed by atoms with Gasteiger partial charge >= 0.3 is 0 Å². The Kier molecular flexibility index (Phi) is 16.2. The summed E-state index contributed by atoms with van der Waals surface area (Å²) >= 11 is 0. The molecule has 2 aliphatic rings. The van der Waals surface area contributed by atoms with Crippen LogP contribution in [0.5, 0.6) is 0 Å². The van der Waals surface area contributed by atoms with E-state index >= 15 is 0 Å². The first-order valence-electron chi connectivity index (χ1n) is 41.2. The molecule has 0 unspecified atom stereocenters. The van der Waals surface area contributed by atoms with E-state index in [1.807, 2.05) is 0 Å². The van der Waals surface area contributed by atoms with Gasteiger partial charge in [-0.05, 0) is 224 Å². The van der Waals surface area contributed by atoms with Crippen molar-refractivity contribution < 1.29 is 0 Å². The van der Waals surface area contributed by atoms with Crippen LogP contribution in [0, 0.1) is 0 Å². The van der Waals surface area contributed by atoms with Crippen molar-refractivity contribution >= 4 is 117 Å². The van der Waals surface area contributed by atoms with Crippen LogP contribution >= 0.6 is 0 Å². The van der Waals surface area contributed by atoms with Crippen molar-refractivity contribution in [3.63, 3.8) is 0 Å². The van der Waals surface area contributed by atoms with Crippen LogP contribution in [-0.2, 0) is 27.1 Å². The fourth-order valence-corrected chi connectivity index (χ4v) is 18.8. The molecular formula is C110H97BN4. The van der Waals surface area contributed by atoms with E-state index in [9.17, 15) is 0 Å². The Labute approximate surface area is 678 Å². The molecule has 15 aromatic carbocycles. The molecule has 4 nitrogen and oxygen atoms in total. The molecule has 0 aliphatic carbocycles. The van der Waals surface area contributed by atoms with Crippen molar-refractivity contribution in [3.8, 4) is 72.4 Å². The highest BCUT2D eigenvalue weighted by atomic mass is 15.2. The number of para-hydroxylation sites is 4. The monoisotopic (exact) mass is 1480 g/mol. The van der Waals surface area contributed by atoms with Crippen LogP contribution in [0.3, 0.4) is 0 Å². The topological polar surface area (TPSA) is 15.8 Å². The number of hydrogen-bond acceptors (Lipinski definition) is 2. The Balaban J connectivity index is 0.920. The van der Waals surface area contributed by atoms with Crippen molar-refractivity contribution in [2.24, 2.45) is 0 Å². The van der Waals surface area contributed by atoms with Crippen LogP contribution in [-0.4, -0.2) is 15.7 Å². The maximum atomic E-state index is 2.74. The van der Waals surface area contributed by atoms with Gasteiger partial charge in [0.25, 0.3) is 6.71 Å². The van der Waals surface area contributed by atoms with Gasteiger partial charge in [-0.3, -0.25) is 0 Å². The van der Waals surface area contributed by atoms with Gasteiger partial charge in [0.2, 0.25) is 0 Å². The number of anilines is 6. The third kappa shape index (κ3) is 11.8. The fraction of sp³-hybridized carbons (Fsp3) is 0.182. The van der Waals surface area contributed by atoms with E-state index in [0.29, 0.717) is 0 Å². The predicted molar refractivity (Wildman–Crippen MR) is 496 cm³/mol. The van der Waals surface area contributed by atoms with Gasteiger partial charge < -0.3 is 18.8 Å². The zero-order valence-electron chi connectivity index (χ0n) is 68.9. The van der Waals surface area contributed by atoms with Gasteiger partial charge in [-0.25, -0.2) is 0 Å². The number of nitrogens with zero attached hydrogens (tertiary/aromatic N) is 4. The van der Waals surface area contributed by atoms with Crippen LogP contribution in [0.4, 0.5) is 34.1 Å². The average Bonchev–Trinajstić information content (AvgIpc) is 1.26. The SMILES string of the molecule is CC(C)(C)c1cc(-c2ccc(N3c4cc(-c5cc(C(C)(C)C)cc(C(C)(C)C)c5)ccc4B4c5ccc(-c6ccc7c(c6)c6ccccc6n7-c6ccccc6)cc5N(c5c(-c6ccccc6)cc(C(C)(C)C)cc5-c5ccccc5)c5cc(-c6ccc7c(c6)c6cccc8c9ccccc9n7c86)cc3c54)cc2)cc(C(C)(C)C)c1. The van der Waals surface area contributed by atoms with E-state index < -0.39 is 0 Å². The fourth-order valence-electron chi connectivity index (χ4n) is 18.8. The Morgan fingerprint density at radius 1 is 0.226 bits per heavy atom. The first-order chi connectivity index (χ1) is 55.2. The summed E-state index contributed by atoms with van der Waals surface area (Å²) in [5, 5.41) is 7.49. The van der Waals surface area contributed by atoms with Crippen LogP contribution in [0.25, 0.3) is 132 Å². The molecule has 20 rings (SSSR count). The highest BCUT2D eigenvalue weighted by molar-refractivity contribution is 7.00. The smallest absolute Gasteiger partial charge is 0.252 e. The third-order valence-corrected chi connectivity index (χ3v) is 25.1. The molecular weight excluding hydrogens is 1390 g/mol. The zero-order chi connectivity index (χ0) is 79.1. The van der Waals surface area contributed by atoms with Crippen molar-refractivity contribution in [2.75, 3.05) is 9.80 Å². The van der Waals surface area contributed by atoms with E-state index in [0.717, 1.165) is 73.2 Å². The van der Waals surface area contributed by atoms with E-state index in [2.05, 4.69) is 438 Å². The summed E-state index contributed by atoms with van der Waals surface area (Å²) in [6, 6.07) is 122. The molecule has 0 N–H and O–H groups in total. The lowest BCUT2D eigenvalue weighted by atomic mass is 9.33. The minimum atomic E-state index is -0.224. The van der Waals surface area contributed by atoms with Crippen LogP contribution < -0.4 is 26.2 Å². The van der Waals surface area contributed by atoms with Gasteiger partial charge in [0.05, 0.1) is 33.3 Å². The number of rotatable bonds is 9. The van der Waals surface area contributed by atoms with E-state index in [1.165, 1.54) is 137 Å². The third-order valence-electron chi connectivity index (χ3n) is 25.1. The van der Waals surface area contributed by atoms with E-state index in [-0.39, 0.29) is 33.8 Å². The van der Waals surface area contributed by atoms with E-state index in [1.54, 1.807) is 0 Å². The summed E-state index contributed by atoms with van der Waals surface area (Å²) in [6.45, 7) is 35.1. The summed E-state index contributed by atoms with van der Waals surface area (Å²) in [7, 11) is 0. The Hall–Kier alpha value is -12.4. The second-order valence-electron chi connectivity index (χ2n) is 37.8. The molecule has 560 valence electrons. The van der Waals surface area contributed by atoms with Gasteiger partial charge in [-0.15, -0.1) is 0 Å². The molecule has 3 aromatic heterocycles. The Bertz CT molecular complexity index is 6830. The number of fused-ring (bicyclic) bond motifs is 13. The van der Waals surface area contributed by atoms with Gasteiger partial charge in [0, 0.05) is 77.6 Å². The molecule has 5 heteroatoms. The lowest BCUT2D eigenvalue weighted by molar-refractivity contribution is 0.568. The van der Waals surface area contributed by atoms with Gasteiger partial charge in [-0.2, -0.15) is 0 Å². The molecule has 0 atom stereocenters. The summed E-state index contributed by atoms with van der Waals surface area (Å²) in [6.07, 6.45) is 0. The number of benzene rings is 15. The highest BCUT2D eigenvalue weighted by Crippen LogP contribution is 2.55. The summed E-state index contributed by atoms with van der Waals surface area (Å²) in [5.41, 5.74) is 37.9. The van der Waals surface area contributed by atoms with Crippen LogP contribution in [0.15, 0.2) is 315 Å². The predicted octanol–water partition coefficient (Wildman–Crippen LogP) is 28.5. The first kappa shape index (κ1) is 71.6. The van der Waals surface area contributed by atoms with Crippen molar-refractivity contribution in [3.05, 3.63) is 343 Å². The molecule has 2 aliphatic heterocycles. The molecule has 0 radical (unpaired) electrons. The van der Waals surface area contributed by atoms with Crippen LogP contribution in [0.2, 0.25) is 0 Å². The lowest BCUT2D eigenvalue weighted by Crippen LogP contribution is -2.61. The minimum Gasteiger partial charge on any atom is -0.311 e. The summed E-state index contributed by atoms with van der Waals surface area (Å²) < 4.78 is 4.94. The Morgan fingerprint density at radius 3 is 1.12 bits per heavy atom. The molecule has 5 heterocycles. The summed E-state index contributed by atoms with van der Waals surface area (Å²) in [5.74, 6) is 0. The molecule has 18 aromatic rings. The second-order valence-corrected chi connectivity index (χ2v) is 37.8. The van der Waals surface area contributed by atoms with Gasteiger partial charge in [0.15, 0.2) is 0 Å². The maximum Gasteiger partial charge on any atom is 0.252 e. The standard InChI is InChI=1S/C110H97BN4/c1-106(2,3)78-54-75(55-79(64-78)107(4,5)6)68-42-48-84(49-43-68)113-99-61-74(76-56-80(108(7,8)9)65-81(57-76)109(10,11)12)45-51-93(99)111-94-50-44-73(71-46-52-97-91(58-71)86-37-26-27-40-95(86)112(97)83-34-23-18-24-35-83)60-100(94)115(105-89(69-30-19-16-20-31-69)66-82(110(13,14)15)67-90(105)70-32-21-17-22-33-70)102-63-77(62-101(113)103(102)111)72-47-53-98-92(59-72)88-39-29-38-87-85-36-25-28-41-96(85)114(98)104(87)88/h16-67H,1-15H3. The maximum absolute atomic E-state index is 2.74. The largest absolute Gasteiger partial charge is 0.311 e. The Morgan fingerprint density at radius 2 is 0.583 bits per heavy atom. The number of hydrogen-bond donors (Lipinski definition) is 0. The van der Waals surface area contributed by atoms with Crippen molar-refractivity contribution in [2.45, 2.75) is 131 Å². The molecule has 0 saturated carbocycles. The van der Waals surface area contributed by atoms with Gasteiger partial charge in [-0.1, -0.05) is 322 Å². The van der Waals surface area contributed by atoms with Crippen LogP contribution in [0.1, 0.15) is 132 Å². The minimum absolute atomic E-state index is 0.0521. The van der Waals surface area contributed by atoms with E-state index in [4.69, 9.17) is 0 Å². The highest BCUT2D eigenvalue weighted by Gasteiger charge is 2.46. The molecule has 0 bridgehead atoms. The zero-order valence-corrected chi connectivity index (χ0v) is 68.9. The molecule has 115 heavy (non-hydrogen) atoms. The van der Waals surface area contributed by atoms with Crippen molar-refractivity contribution in [1.82, 2.24) is 8.97 Å². The normalized spacial score (nSPS) is 13.3. The molecule has 0 saturated heterocycles. The first-order valence-corrected chi connectivity index (χ1v) is 41.2. The molecule has 0 amide bonds. The lowest BCUT2D eigenvalue weighted by Gasteiger charge is -2.45. The molecule has 0 fully saturated rings. The van der Waals surface area contributed by atoms with Gasteiger partial charge in [0.1, 0.15) is 0 Å². The van der Waals surface area contributed by atoms with Crippen molar-refractivity contribution in [1.29, 1.82) is 0 Å². The average molecular weight is 1490 g/mol. The summed E-state index contributed by atoms with van der Waals surface area (Å²) in [4.78, 5) is 5.40.